The second kappa shape index (κ2) is 9.15. The molecule has 2 N–H and O–H groups in total. The molecule has 28 heavy (non-hydrogen) atoms. The van der Waals surface area contributed by atoms with Gasteiger partial charge in [0.15, 0.2) is 5.11 Å². The predicted octanol–water partition coefficient (Wildman–Crippen LogP) is 4.94. The summed E-state index contributed by atoms with van der Waals surface area (Å²) in [5.41, 5.74) is 2.09. The van der Waals surface area contributed by atoms with Gasteiger partial charge in [-0.3, -0.25) is 10.1 Å². The van der Waals surface area contributed by atoms with Crippen LogP contribution in [0.2, 0.25) is 0 Å². The molecule has 0 spiro atoms. The molecule has 1 atom stereocenters. The molecular formula is C20H21BrN2O3S2. The van der Waals surface area contributed by atoms with Crippen LogP contribution in [0.15, 0.2) is 28.7 Å². The lowest BCUT2D eigenvalue weighted by atomic mass is 9.88. The Morgan fingerprint density at radius 3 is 2.71 bits per heavy atom. The number of hydrogen-bond donors (Lipinski definition) is 2. The number of ether oxygens (including phenoxy) is 1. The van der Waals surface area contributed by atoms with Crippen LogP contribution in [0.5, 0.6) is 0 Å². The summed E-state index contributed by atoms with van der Waals surface area (Å²) >= 11 is 10.2. The van der Waals surface area contributed by atoms with Gasteiger partial charge in [0.05, 0.1) is 12.2 Å². The van der Waals surface area contributed by atoms with Gasteiger partial charge in [0.25, 0.3) is 5.91 Å². The number of benzene rings is 1. The first-order valence-corrected chi connectivity index (χ1v) is 11.1. The van der Waals surface area contributed by atoms with Crippen LogP contribution in [-0.4, -0.2) is 23.6 Å². The van der Waals surface area contributed by atoms with Crippen LogP contribution >= 0.6 is 39.5 Å². The minimum Gasteiger partial charge on any atom is -0.462 e. The second-order valence-corrected chi connectivity index (χ2v) is 9.12. The highest BCUT2D eigenvalue weighted by Crippen LogP contribution is 2.40. The van der Waals surface area contributed by atoms with E-state index in [0.29, 0.717) is 28.7 Å². The Kier molecular flexibility index (Phi) is 6.85. The minimum absolute atomic E-state index is 0.158. The third-order valence-electron chi connectivity index (χ3n) is 4.55. The lowest BCUT2D eigenvalue weighted by molar-refractivity contribution is 0.0526. The predicted molar refractivity (Wildman–Crippen MR) is 119 cm³/mol. The van der Waals surface area contributed by atoms with Crippen molar-refractivity contribution in [2.45, 2.75) is 33.1 Å². The van der Waals surface area contributed by atoms with Crippen LogP contribution in [0.25, 0.3) is 0 Å². The van der Waals surface area contributed by atoms with Crippen molar-refractivity contribution in [3.05, 3.63) is 50.3 Å². The van der Waals surface area contributed by atoms with Gasteiger partial charge in [-0.2, -0.15) is 0 Å². The molecule has 1 amide bonds. The van der Waals surface area contributed by atoms with Gasteiger partial charge < -0.3 is 10.1 Å². The first-order chi connectivity index (χ1) is 13.4. The molecule has 1 aliphatic rings. The summed E-state index contributed by atoms with van der Waals surface area (Å²) in [5.74, 6) is -0.0742. The van der Waals surface area contributed by atoms with Gasteiger partial charge >= 0.3 is 5.97 Å². The fourth-order valence-electron chi connectivity index (χ4n) is 3.17. The summed E-state index contributed by atoms with van der Waals surface area (Å²) < 4.78 is 6.15. The lowest BCUT2D eigenvalue weighted by Crippen LogP contribution is -2.34. The number of halogens is 1. The molecule has 0 saturated carbocycles. The Bertz CT molecular complexity index is 909. The van der Waals surface area contributed by atoms with Crippen molar-refractivity contribution in [1.29, 1.82) is 0 Å². The summed E-state index contributed by atoms with van der Waals surface area (Å²) in [5, 5.41) is 6.51. The second-order valence-electron chi connectivity index (χ2n) is 6.69. The molecular weight excluding hydrogens is 460 g/mol. The maximum Gasteiger partial charge on any atom is 0.341 e. The van der Waals surface area contributed by atoms with Crippen molar-refractivity contribution < 1.29 is 14.3 Å². The van der Waals surface area contributed by atoms with Gasteiger partial charge in [-0.25, -0.2) is 4.79 Å². The molecule has 0 aliphatic heterocycles. The zero-order valence-electron chi connectivity index (χ0n) is 15.6. The molecule has 0 radical (unpaired) electrons. The van der Waals surface area contributed by atoms with Crippen LogP contribution in [-0.2, 0) is 17.6 Å². The highest BCUT2D eigenvalue weighted by atomic mass is 79.9. The zero-order chi connectivity index (χ0) is 20.3. The van der Waals surface area contributed by atoms with E-state index in [4.69, 9.17) is 17.0 Å². The maximum atomic E-state index is 12.5. The van der Waals surface area contributed by atoms with Gasteiger partial charge in [-0.05, 0) is 74.2 Å². The molecule has 2 aromatic rings. The number of thiophene rings is 1. The van der Waals surface area contributed by atoms with E-state index in [1.807, 2.05) is 0 Å². The van der Waals surface area contributed by atoms with Crippen molar-refractivity contribution in [2.24, 2.45) is 5.92 Å². The number of nitrogens with one attached hydrogen (secondary N) is 2. The Hall–Kier alpha value is -1.77. The largest absolute Gasteiger partial charge is 0.462 e. The number of hydrogen-bond acceptors (Lipinski definition) is 5. The molecule has 1 unspecified atom stereocenters. The number of carbonyl (C=O) groups is 2. The Balaban J connectivity index is 1.78. The maximum absolute atomic E-state index is 12.5. The molecule has 1 aromatic carbocycles. The molecule has 8 heteroatoms. The summed E-state index contributed by atoms with van der Waals surface area (Å²) in [6, 6.07) is 6.99. The highest BCUT2D eigenvalue weighted by Gasteiger charge is 2.28. The number of esters is 1. The van der Waals surface area contributed by atoms with E-state index >= 15 is 0 Å². The number of amides is 1. The van der Waals surface area contributed by atoms with E-state index in [9.17, 15) is 9.59 Å². The summed E-state index contributed by atoms with van der Waals surface area (Å²) in [7, 11) is 0. The Morgan fingerprint density at radius 2 is 2.04 bits per heavy atom. The fraction of sp³-hybridized carbons (Fsp3) is 0.350. The molecule has 0 bridgehead atoms. The van der Waals surface area contributed by atoms with Crippen LogP contribution in [0.1, 0.15) is 51.4 Å². The molecule has 3 rings (SSSR count). The van der Waals surface area contributed by atoms with Gasteiger partial charge in [-0.1, -0.05) is 22.9 Å². The third kappa shape index (κ3) is 4.79. The normalized spacial score (nSPS) is 15.5. The van der Waals surface area contributed by atoms with E-state index < -0.39 is 0 Å². The SMILES string of the molecule is CCOC(=O)c1c(NC(=S)NC(=O)c2ccc(Br)cc2)sc2c1CCC(C)C2. The Morgan fingerprint density at radius 1 is 1.32 bits per heavy atom. The average molecular weight is 481 g/mol. The lowest BCUT2D eigenvalue weighted by Gasteiger charge is -2.18. The smallest absolute Gasteiger partial charge is 0.341 e. The first-order valence-electron chi connectivity index (χ1n) is 9.08. The van der Waals surface area contributed by atoms with Crippen molar-refractivity contribution in [1.82, 2.24) is 5.32 Å². The average Bonchev–Trinajstić information content (AvgIpc) is 2.98. The summed E-state index contributed by atoms with van der Waals surface area (Å²) in [4.78, 5) is 26.1. The summed E-state index contributed by atoms with van der Waals surface area (Å²) in [6.07, 6.45) is 2.83. The number of rotatable bonds is 4. The number of thiocarbonyl (C=S) groups is 1. The minimum atomic E-state index is -0.348. The van der Waals surface area contributed by atoms with E-state index in [1.54, 1.807) is 31.2 Å². The highest BCUT2D eigenvalue weighted by molar-refractivity contribution is 9.10. The standard InChI is InChI=1S/C20H21BrN2O3S2/c1-3-26-19(25)16-14-9-4-11(2)10-15(14)28-18(16)23-20(27)22-17(24)12-5-7-13(21)8-6-12/h5-8,11H,3-4,9-10H2,1-2H3,(H2,22,23,24,27). The van der Waals surface area contributed by atoms with Gasteiger partial charge in [-0.15, -0.1) is 11.3 Å². The van der Waals surface area contributed by atoms with Crippen molar-refractivity contribution in [2.75, 3.05) is 11.9 Å². The van der Waals surface area contributed by atoms with Gasteiger partial charge in [0.2, 0.25) is 0 Å². The number of carbonyl (C=O) groups excluding carboxylic acids is 2. The quantitative estimate of drug-likeness (QED) is 0.479. The molecule has 0 fully saturated rings. The first kappa shape index (κ1) is 21.0. The fourth-order valence-corrected chi connectivity index (χ4v) is 5.10. The molecule has 1 aromatic heterocycles. The molecule has 1 aliphatic carbocycles. The Labute approximate surface area is 182 Å². The van der Waals surface area contributed by atoms with Gasteiger partial charge in [0.1, 0.15) is 5.00 Å². The van der Waals surface area contributed by atoms with E-state index in [2.05, 4.69) is 33.5 Å². The molecule has 1 heterocycles. The number of fused-ring (bicyclic) bond motifs is 1. The van der Waals surface area contributed by atoms with E-state index in [-0.39, 0.29) is 17.0 Å². The third-order valence-corrected chi connectivity index (χ3v) is 6.45. The molecule has 5 nitrogen and oxygen atoms in total. The van der Waals surface area contributed by atoms with Crippen molar-refractivity contribution in [3.63, 3.8) is 0 Å². The molecule has 148 valence electrons. The number of anilines is 1. The zero-order valence-corrected chi connectivity index (χ0v) is 18.9. The van der Waals surface area contributed by atoms with Crippen molar-refractivity contribution >= 4 is 61.5 Å². The van der Waals surface area contributed by atoms with Crippen LogP contribution in [0.3, 0.4) is 0 Å². The van der Waals surface area contributed by atoms with E-state index in [1.165, 1.54) is 16.2 Å². The molecule has 0 saturated heterocycles. The van der Waals surface area contributed by atoms with Crippen LogP contribution in [0.4, 0.5) is 5.00 Å². The van der Waals surface area contributed by atoms with Crippen LogP contribution < -0.4 is 10.6 Å². The monoisotopic (exact) mass is 480 g/mol. The van der Waals surface area contributed by atoms with Crippen molar-refractivity contribution in [3.8, 4) is 0 Å². The topological polar surface area (TPSA) is 67.4 Å². The van der Waals surface area contributed by atoms with Gasteiger partial charge in [0, 0.05) is 14.9 Å². The van der Waals surface area contributed by atoms with Crippen LogP contribution in [0, 0.1) is 5.92 Å². The summed E-state index contributed by atoms with van der Waals surface area (Å²) in [6.45, 7) is 4.31. The van der Waals surface area contributed by atoms with E-state index in [0.717, 1.165) is 29.3 Å².